The van der Waals surface area contributed by atoms with Gasteiger partial charge >= 0.3 is 16.2 Å². The molecule has 0 aliphatic rings. The van der Waals surface area contributed by atoms with E-state index in [9.17, 15) is 22.0 Å². The van der Waals surface area contributed by atoms with E-state index in [-0.39, 0.29) is 18.5 Å². The van der Waals surface area contributed by atoms with E-state index in [0.29, 0.717) is 0 Å². The molecule has 1 rings (SSSR count). The van der Waals surface area contributed by atoms with Crippen molar-refractivity contribution < 1.29 is 26.7 Å². The third-order valence-corrected chi connectivity index (χ3v) is 4.25. The molecule has 0 saturated heterocycles. The molecule has 0 fully saturated rings. The molecule has 0 aromatic heterocycles. The Labute approximate surface area is 121 Å². The second kappa shape index (κ2) is 6.81. The second-order valence-corrected chi connectivity index (χ2v) is 6.09. The summed E-state index contributed by atoms with van der Waals surface area (Å²) in [5.41, 5.74) is -0.647. The minimum Gasteiger partial charge on any atom is -0.469 e. The summed E-state index contributed by atoms with van der Waals surface area (Å²) in [5.74, 6) is -2.60. The average molecular weight is 322 g/mol. The van der Waals surface area contributed by atoms with Gasteiger partial charge in [-0.05, 0) is 18.6 Å². The molecular formula is C12H16F2N2O4S. The first-order chi connectivity index (χ1) is 9.69. The second-order valence-electron chi connectivity index (χ2n) is 4.31. The largest absolute Gasteiger partial charge is 0.469 e. The minimum atomic E-state index is -4.18. The van der Waals surface area contributed by atoms with Crippen LogP contribution in [0.25, 0.3) is 0 Å². The quantitative estimate of drug-likeness (QED) is 0.804. The number of carbonyl (C=O) groups is 1. The Morgan fingerprint density at radius 1 is 1.38 bits per heavy atom. The molecule has 0 radical (unpaired) electrons. The Kier molecular flexibility index (Phi) is 5.62. The lowest BCUT2D eigenvalue weighted by Crippen LogP contribution is -2.34. The zero-order valence-corrected chi connectivity index (χ0v) is 12.6. The van der Waals surface area contributed by atoms with Gasteiger partial charge in [-0.15, -0.1) is 0 Å². The van der Waals surface area contributed by atoms with Crippen molar-refractivity contribution in [2.24, 2.45) is 0 Å². The molecule has 0 unspecified atom stereocenters. The number of hydrogen-bond acceptors (Lipinski definition) is 4. The van der Waals surface area contributed by atoms with Gasteiger partial charge in [-0.2, -0.15) is 12.7 Å². The highest BCUT2D eigenvalue weighted by atomic mass is 32.2. The van der Waals surface area contributed by atoms with Crippen molar-refractivity contribution in [3.05, 3.63) is 29.3 Å². The summed E-state index contributed by atoms with van der Waals surface area (Å²) in [6.07, 6.45) is -0.174. The number of esters is 1. The van der Waals surface area contributed by atoms with Crippen molar-refractivity contribution in [2.45, 2.75) is 13.3 Å². The summed E-state index contributed by atoms with van der Waals surface area (Å²) in [6.45, 7) is 1.20. The zero-order chi connectivity index (χ0) is 16.2. The first-order valence-electron chi connectivity index (χ1n) is 5.94. The van der Waals surface area contributed by atoms with Gasteiger partial charge in [0.1, 0.15) is 11.5 Å². The lowest BCUT2D eigenvalue weighted by atomic mass is 10.2. The van der Waals surface area contributed by atoms with E-state index in [2.05, 4.69) is 4.74 Å². The maximum absolute atomic E-state index is 13.8. The molecule has 1 N–H and O–H groups in total. The highest BCUT2D eigenvalue weighted by Gasteiger charge is 2.23. The van der Waals surface area contributed by atoms with Crippen LogP contribution in [0.3, 0.4) is 0 Å². The maximum Gasteiger partial charge on any atom is 0.306 e. The number of halogens is 2. The van der Waals surface area contributed by atoms with Crippen LogP contribution < -0.4 is 4.72 Å². The zero-order valence-electron chi connectivity index (χ0n) is 11.8. The molecule has 0 bridgehead atoms. The molecule has 0 heterocycles. The number of hydrogen-bond donors (Lipinski definition) is 1. The molecule has 118 valence electrons. The van der Waals surface area contributed by atoms with Gasteiger partial charge in [0.2, 0.25) is 0 Å². The monoisotopic (exact) mass is 322 g/mol. The van der Waals surface area contributed by atoms with Crippen LogP contribution in [0.5, 0.6) is 0 Å². The fourth-order valence-corrected chi connectivity index (χ4v) is 2.36. The molecule has 0 aliphatic heterocycles. The molecule has 1 aromatic rings. The van der Waals surface area contributed by atoms with Crippen LogP contribution in [-0.2, 0) is 19.7 Å². The maximum atomic E-state index is 13.8. The lowest BCUT2D eigenvalue weighted by Gasteiger charge is -2.18. The number of methoxy groups -OCH3 is 1. The van der Waals surface area contributed by atoms with Gasteiger partial charge in [-0.3, -0.25) is 9.52 Å². The van der Waals surface area contributed by atoms with E-state index < -0.39 is 33.5 Å². The van der Waals surface area contributed by atoms with Crippen LogP contribution in [0.2, 0.25) is 0 Å². The number of aryl methyl sites for hydroxylation is 1. The van der Waals surface area contributed by atoms with Gasteiger partial charge in [0.25, 0.3) is 0 Å². The minimum absolute atomic E-state index is 0.103. The van der Waals surface area contributed by atoms with Gasteiger partial charge in [-0.1, -0.05) is 6.07 Å². The van der Waals surface area contributed by atoms with E-state index in [0.717, 1.165) is 10.4 Å². The van der Waals surface area contributed by atoms with E-state index in [4.69, 9.17) is 0 Å². The molecule has 0 atom stereocenters. The smallest absolute Gasteiger partial charge is 0.306 e. The van der Waals surface area contributed by atoms with Crippen molar-refractivity contribution in [3.63, 3.8) is 0 Å². The van der Waals surface area contributed by atoms with Crippen molar-refractivity contribution in [2.75, 3.05) is 25.4 Å². The summed E-state index contributed by atoms with van der Waals surface area (Å²) in [5, 5.41) is 0. The Morgan fingerprint density at radius 2 is 2.00 bits per heavy atom. The number of rotatable bonds is 6. The van der Waals surface area contributed by atoms with Crippen LogP contribution in [0, 0.1) is 18.6 Å². The van der Waals surface area contributed by atoms with Crippen LogP contribution in [0.15, 0.2) is 12.1 Å². The third kappa shape index (κ3) is 4.36. The van der Waals surface area contributed by atoms with Gasteiger partial charge in [0.05, 0.1) is 13.5 Å². The van der Waals surface area contributed by atoms with Gasteiger partial charge in [-0.25, -0.2) is 8.78 Å². The number of anilines is 1. The molecule has 21 heavy (non-hydrogen) atoms. The number of benzene rings is 1. The fourth-order valence-electron chi connectivity index (χ4n) is 1.43. The van der Waals surface area contributed by atoms with Crippen molar-refractivity contribution in [3.8, 4) is 0 Å². The molecule has 6 nitrogen and oxygen atoms in total. The molecule has 0 saturated carbocycles. The Hall–Kier alpha value is -1.74. The summed E-state index contributed by atoms with van der Waals surface area (Å²) < 4.78 is 58.2. The topological polar surface area (TPSA) is 75.7 Å². The predicted octanol–water partition coefficient (Wildman–Crippen LogP) is 1.42. The molecular weight excluding hydrogens is 306 g/mol. The first-order valence-corrected chi connectivity index (χ1v) is 7.38. The standard InChI is InChI=1S/C12H16F2N2O4S/c1-8-4-5-9(13)12(11(8)14)15-21(18,19)16(2)7-6-10(17)20-3/h4-5,15H,6-7H2,1-3H3. The van der Waals surface area contributed by atoms with Crippen molar-refractivity contribution in [1.29, 1.82) is 0 Å². The van der Waals surface area contributed by atoms with Crippen LogP contribution in [-0.4, -0.2) is 39.4 Å². The Morgan fingerprint density at radius 3 is 2.57 bits per heavy atom. The van der Waals surface area contributed by atoms with Crippen molar-refractivity contribution in [1.82, 2.24) is 4.31 Å². The van der Waals surface area contributed by atoms with Crippen LogP contribution >= 0.6 is 0 Å². The molecule has 9 heteroatoms. The number of carbonyl (C=O) groups excluding carboxylic acids is 1. The summed E-state index contributed by atoms with van der Waals surface area (Å²) >= 11 is 0. The Balaban J connectivity index is 2.90. The SMILES string of the molecule is COC(=O)CCN(C)S(=O)(=O)Nc1c(F)ccc(C)c1F. The molecule has 1 aromatic carbocycles. The lowest BCUT2D eigenvalue weighted by molar-refractivity contribution is -0.140. The highest BCUT2D eigenvalue weighted by Crippen LogP contribution is 2.23. The number of nitrogens with one attached hydrogen (secondary N) is 1. The van der Waals surface area contributed by atoms with Gasteiger partial charge in [0.15, 0.2) is 5.82 Å². The van der Waals surface area contributed by atoms with E-state index in [1.165, 1.54) is 27.1 Å². The summed E-state index contributed by atoms with van der Waals surface area (Å²) in [6, 6.07) is 2.16. The van der Waals surface area contributed by atoms with Crippen LogP contribution in [0.4, 0.5) is 14.5 Å². The molecule has 0 spiro atoms. The van der Waals surface area contributed by atoms with E-state index >= 15 is 0 Å². The van der Waals surface area contributed by atoms with E-state index in [1.807, 2.05) is 4.72 Å². The number of nitrogens with zero attached hydrogens (tertiary/aromatic N) is 1. The Bertz CT molecular complexity index is 634. The van der Waals surface area contributed by atoms with Gasteiger partial charge < -0.3 is 4.74 Å². The summed E-state index contributed by atoms with van der Waals surface area (Å²) in [4.78, 5) is 11.0. The molecule has 0 aliphatic carbocycles. The molecule has 0 amide bonds. The van der Waals surface area contributed by atoms with Crippen LogP contribution in [0.1, 0.15) is 12.0 Å². The van der Waals surface area contributed by atoms with Crippen molar-refractivity contribution >= 4 is 21.9 Å². The fraction of sp³-hybridized carbons (Fsp3) is 0.417. The third-order valence-electron chi connectivity index (χ3n) is 2.78. The summed E-state index contributed by atoms with van der Waals surface area (Å²) in [7, 11) is -1.83. The predicted molar refractivity (Wildman–Crippen MR) is 72.9 cm³/mol. The number of ether oxygens (including phenoxy) is 1. The highest BCUT2D eigenvalue weighted by molar-refractivity contribution is 7.90. The van der Waals surface area contributed by atoms with Gasteiger partial charge in [0, 0.05) is 13.6 Å². The first kappa shape index (κ1) is 17.3. The average Bonchev–Trinajstić information content (AvgIpc) is 2.44. The normalized spacial score (nSPS) is 11.5. The van der Waals surface area contributed by atoms with E-state index in [1.54, 1.807) is 0 Å².